The summed E-state index contributed by atoms with van der Waals surface area (Å²) in [6, 6.07) is 2.07. The molecule has 1 amide bonds. The highest BCUT2D eigenvalue weighted by molar-refractivity contribution is 5.99. The molecule has 104 valence electrons. The van der Waals surface area contributed by atoms with Crippen LogP contribution in [0.5, 0.6) is 0 Å². The Balaban J connectivity index is 2.25. The van der Waals surface area contributed by atoms with E-state index in [1.54, 1.807) is 18.5 Å². The van der Waals surface area contributed by atoms with Gasteiger partial charge in [0.1, 0.15) is 0 Å². The van der Waals surface area contributed by atoms with Gasteiger partial charge in [-0.3, -0.25) is 15.6 Å². The number of nitrogens with one attached hydrogen (secondary N) is 1. The smallest absolute Gasteiger partial charge is 0.256 e. The molecule has 1 unspecified atom stereocenters. The number of carbonyl (C=O) groups excluding carboxylic acids is 1. The Morgan fingerprint density at radius 3 is 3.11 bits per heavy atom. The molecule has 2 heterocycles. The highest BCUT2D eigenvalue weighted by atomic mass is 16.2. The Bertz CT molecular complexity index is 435. The van der Waals surface area contributed by atoms with E-state index in [0.29, 0.717) is 17.3 Å². The third kappa shape index (κ3) is 3.04. The maximum Gasteiger partial charge on any atom is 0.256 e. The first kappa shape index (κ1) is 13.8. The van der Waals surface area contributed by atoms with Crippen molar-refractivity contribution in [3.63, 3.8) is 0 Å². The van der Waals surface area contributed by atoms with Crippen molar-refractivity contribution in [1.82, 2.24) is 9.88 Å². The Hall–Kier alpha value is -1.62. The van der Waals surface area contributed by atoms with Crippen LogP contribution in [-0.4, -0.2) is 28.4 Å². The summed E-state index contributed by atoms with van der Waals surface area (Å²) in [5.41, 5.74) is 3.75. The van der Waals surface area contributed by atoms with Crippen molar-refractivity contribution in [1.29, 1.82) is 0 Å². The average molecular weight is 262 g/mol. The van der Waals surface area contributed by atoms with Crippen LogP contribution in [0, 0.1) is 0 Å². The Morgan fingerprint density at radius 2 is 2.37 bits per heavy atom. The zero-order chi connectivity index (χ0) is 13.7. The fourth-order valence-electron chi connectivity index (χ4n) is 2.72. The van der Waals surface area contributed by atoms with Crippen molar-refractivity contribution in [2.24, 2.45) is 5.84 Å². The van der Waals surface area contributed by atoms with Gasteiger partial charge in [-0.2, -0.15) is 0 Å². The van der Waals surface area contributed by atoms with Gasteiger partial charge in [-0.15, -0.1) is 0 Å². The molecule has 3 N–H and O–H groups in total. The summed E-state index contributed by atoms with van der Waals surface area (Å²) in [6.07, 6.45) is 8.82. The number of amides is 1. The van der Waals surface area contributed by atoms with Crippen LogP contribution in [0.3, 0.4) is 0 Å². The van der Waals surface area contributed by atoms with Gasteiger partial charge in [0.25, 0.3) is 5.91 Å². The molecule has 0 spiro atoms. The highest BCUT2D eigenvalue weighted by Gasteiger charge is 2.26. The van der Waals surface area contributed by atoms with Crippen molar-refractivity contribution in [3.8, 4) is 0 Å². The Kier molecular flexibility index (Phi) is 4.74. The van der Waals surface area contributed by atoms with Gasteiger partial charge in [-0.05, 0) is 25.3 Å². The topological polar surface area (TPSA) is 71.2 Å². The van der Waals surface area contributed by atoms with E-state index in [-0.39, 0.29) is 5.91 Å². The molecule has 1 atom stereocenters. The molecule has 0 aromatic carbocycles. The van der Waals surface area contributed by atoms with Crippen LogP contribution in [0.2, 0.25) is 0 Å². The molecule has 1 aromatic rings. The number of anilines is 1. The minimum absolute atomic E-state index is 0.0594. The van der Waals surface area contributed by atoms with Crippen LogP contribution in [0.15, 0.2) is 18.5 Å². The molecule has 5 heteroatoms. The minimum Gasteiger partial charge on any atom is -0.336 e. The molecule has 0 aliphatic carbocycles. The molecule has 1 aliphatic rings. The third-order valence-electron chi connectivity index (χ3n) is 3.82. The second-order valence-electron chi connectivity index (χ2n) is 4.98. The minimum atomic E-state index is 0.0594. The lowest BCUT2D eigenvalue weighted by Gasteiger charge is -2.29. The number of nitrogens with zero attached hydrogens (tertiary/aromatic N) is 2. The molecule has 0 saturated carbocycles. The summed E-state index contributed by atoms with van der Waals surface area (Å²) < 4.78 is 0. The van der Waals surface area contributed by atoms with Crippen molar-refractivity contribution < 1.29 is 4.79 Å². The molecule has 1 saturated heterocycles. The van der Waals surface area contributed by atoms with Gasteiger partial charge < -0.3 is 10.3 Å². The normalized spacial score (nSPS) is 19.9. The van der Waals surface area contributed by atoms with E-state index in [0.717, 1.165) is 25.8 Å². The standard InChI is InChI=1S/C14H22N4O/c1-2-11-6-4-3-5-9-18(11)14(19)12-7-8-16-10-13(12)17-15/h7-8,10-11,17H,2-6,9,15H2,1H3. The predicted octanol–water partition coefficient (Wildman–Crippen LogP) is 2.16. The Morgan fingerprint density at radius 1 is 1.53 bits per heavy atom. The molecule has 0 radical (unpaired) electrons. The molecule has 19 heavy (non-hydrogen) atoms. The third-order valence-corrected chi connectivity index (χ3v) is 3.82. The number of carbonyl (C=O) groups is 1. The largest absolute Gasteiger partial charge is 0.336 e. The number of nitrogens with two attached hydrogens (primary N) is 1. The summed E-state index contributed by atoms with van der Waals surface area (Å²) >= 11 is 0. The number of aromatic nitrogens is 1. The van der Waals surface area contributed by atoms with Gasteiger partial charge in [0.2, 0.25) is 0 Å². The van der Waals surface area contributed by atoms with Crippen LogP contribution >= 0.6 is 0 Å². The molecule has 1 aromatic heterocycles. The first-order valence-electron chi connectivity index (χ1n) is 6.99. The van der Waals surface area contributed by atoms with Crippen molar-refractivity contribution in [3.05, 3.63) is 24.0 Å². The summed E-state index contributed by atoms with van der Waals surface area (Å²) in [5.74, 6) is 5.51. The molecular formula is C14H22N4O. The number of rotatable bonds is 3. The summed E-state index contributed by atoms with van der Waals surface area (Å²) in [4.78, 5) is 18.7. The maximum absolute atomic E-state index is 12.7. The molecule has 2 rings (SSSR count). The summed E-state index contributed by atoms with van der Waals surface area (Å²) in [7, 11) is 0. The second kappa shape index (κ2) is 6.52. The zero-order valence-corrected chi connectivity index (χ0v) is 11.4. The van der Waals surface area contributed by atoms with E-state index in [4.69, 9.17) is 5.84 Å². The van der Waals surface area contributed by atoms with Crippen LogP contribution < -0.4 is 11.3 Å². The molecular weight excluding hydrogens is 240 g/mol. The quantitative estimate of drug-likeness (QED) is 0.647. The first-order valence-corrected chi connectivity index (χ1v) is 6.99. The van der Waals surface area contributed by atoms with Gasteiger partial charge in [0, 0.05) is 18.8 Å². The van der Waals surface area contributed by atoms with Crippen LogP contribution in [-0.2, 0) is 0 Å². The molecule has 1 aliphatic heterocycles. The lowest BCUT2D eigenvalue weighted by molar-refractivity contribution is 0.0679. The van der Waals surface area contributed by atoms with E-state index < -0.39 is 0 Å². The number of nitrogen functional groups attached to an aromatic ring is 1. The van der Waals surface area contributed by atoms with Crippen molar-refractivity contribution in [2.75, 3.05) is 12.0 Å². The molecule has 0 bridgehead atoms. The van der Waals surface area contributed by atoms with E-state index in [1.165, 1.54) is 12.8 Å². The van der Waals surface area contributed by atoms with E-state index >= 15 is 0 Å². The second-order valence-corrected chi connectivity index (χ2v) is 4.98. The zero-order valence-electron chi connectivity index (χ0n) is 11.4. The van der Waals surface area contributed by atoms with Gasteiger partial charge in [-0.1, -0.05) is 19.8 Å². The van der Waals surface area contributed by atoms with Gasteiger partial charge in [-0.25, -0.2) is 0 Å². The van der Waals surface area contributed by atoms with Crippen LogP contribution in [0.4, 0.5) is 5.69 Å². The van der Waals surface area contributed by atoms with Crippen molar-refractivity contribution in [2.45, 2.75) is 45.1 Å². The number of hydrogen-bond acceptors (Lipinski definition) is 4. The molecule has 1 fully saturated rings. The lowest BCUT2D eigenvalue weighted by atomic mass is 10.1. The fraction of sp³-hybridized carbons (Fsp3) is 0.571. The maximum atomic E-state index is 12.7. The van der Waals surface area contributed by atoms with E-state index in [1.807, 2.05) is 4.90 Å². The monoisotopic (exact) mass is 262 g/mol. The lowest BCUT2D eigenvalue weighted by Crippen LogP contribution is -2.40. The first-order chi connectivity index (χ1) is 9.27. The van der Waals surface area contributed by atoms with E-state index in [2.05, 4.69) is 17.3 Å². The average Bonchev–Trinajstić information content (AvgIpc) is 2.71. The Labute approximate surface area is 114 Å². The van der Waals surface area contributed by atoms with Gasteiger partial charge in [0.15, 0.2) is 0 Å². The number of pyridine rings is 1. The van der Waals surface area contributed by atoms with E-state index in [9.17, 15) is 4.79 Å². The summed E-state index contributed by atoms with van der Waals surface area (Å²) in [5, 5.41) is 0. The highest BCUT2D eigenvalue weighted by Crippen LogP contribution is 2.23. The number of hydrazine groups is 1. The predicted molar refractivity (Wildman–Crippen MR) is 75.6 cm³/mol. The number of hydrogen-bond donors (Lipinski definition) is 2. The van der Waals surface area contributed by atoms with Crippen LogP contribution in [0.1, 0.15) is 49.4 Å². The van der Waals surface area contributed by atoms with Gasteiger partial charge in [0.05, 0.1) is 17.4 Å². The SMILES string of the molecule is CCC1CCCCCN1C(=O)c1ccncc1NN. The van der Waals surface area contributed by atoms with Crippen molar-refractivity contribution >= 4 is 11.6 Å². The van der Waals surface area contributed by atoms with Crippen LogP contribution in [0.25, 0.3) is 0 Å². The van der Waals surface area contributed by atoms with Gasteiger partial charge >= 0.3 is 0 Å². The summed E-state index contributed by atoms with van der Waals surface area (Å²) in [6.45, 7) is 2.98. The fourth-order valence-corrected chi connectivity index (χ4v) is 2.72. The molecule has 5 nitrogen and oxygen atoms in total. The number of likely N-dealkylation sites (tertiary alicyclic amines) is 1.